The second-order valence-electron chi connectivity index (χ2n) is 32.4. The standard InChI is InChI=1S/C43H27NO2.C40H27NO2.C31H19NO2/c45-43-39-27-30(19-21-35(39)37-16-8-10-18-42(37)46-43)31-20-22-41-38(26-31)36-15-7-9-17-40(36)44(41)34-24-32(28-11-3-1-4-12-28)23-33(25-34)29-13-5-2-6-14-29;1-40(2)34-12-6-3-9-28(34)29-19-17-26(23-35(29)40)41-36-13-7-4-10-30(36)32-21-25(16-20-37(32)41)24-15-18-27-31-11-5-8-14-38(31)43-39(42)33(27)22-24;33-31-27-19-20(14-16-23(27)25-11-5-7-13-30(25)34-31)21-15-17-29-26(18-21)24-10-4-6-12-28(24)32(29)22-8-2-1-3-9-22/h1-27H;3-23H,1-2H3;1-19H. The predicted molar refractivity (Wildman–Crippen MR) is 508 cm³/mol. The molecular formula is C114H73N3O6. The normalized spacial score (nSPS) is 12.3. The summed E-state index contributed by atoms with van der Waals surface area (Å²) in [6.45, 7) is 4.65. The molecule has 18 aromatic carbocycles. The SMILES string of the molecule is CC1(C)c2ccccc2-c2ccc(-n3c4ccccc4c4cc(-c5ccc6c(c5)c(=O)oc5ccccc56)ccc43)cc21.O=c1oc2ccccc2c2ccc(-c3ccc4c(c3)c3ccccc3n4-c3cc(-c4ccccc4)cc(-c4ccccc4)c3)cc12.O=c1oc2ccccc2c2ccc(-c3ccc4c(c3)c3ccccc3n4-c3ccccc3)cc12. The minimum atomic E-state index is -0.319. The number of hydrogen-bond donors (Lipinski definition) is 0. The molecule has 0 bridgehead atoms. The van der Waals surface area contributed by atoms with E-state index in [-0.39, 0.29) is 22.3 Å². The molecule has 1 aliphatic carbocycles. The Hall–Kier alpha value is -16.2. The molecule has 123 heavy (non-hydrogen) atoms. The van der Waals surface area contributed by atoms with Crippen molar-refractivity contribution in [3.63, 3.8) is 0 Å². The van der Waals surface area contributed by atoms with Crippen molar-refractivity contribution in [1.29, 1.82) is 0 Å². The molecule has 6 aromatic heterocycles. The van der Waals surface area contributed by atoms with Crippen molar-refractivity contribution in [3.8, 4) is 83.8 Å². The second-order valence-corrected chi connectivity index (χ2v) is 32.4. The molecule has 0 unspecified atom stereocenters. The van der Waals surface area contributed by atoms with Crippen LogP contribution >= 0.6 is 0 Å². The number of aromatic nitrogens is 3. The van der Waals surface area contributed by atoms with Crippen LogP contribution in [0.15, 0.2) is 434 Å². The van der Waals surface area contributed by atoms with E-state index in [1.165, 1.54) is 82.5 Å². The third-order valence-corrected chi connectivity index (χ3v) is 25.1. The minimum Gasteiger partial charge on any atom is -0.422 e. The van der Waals surface area contributed by atoms with E-state index in [9.17, 15) is 14.4 Å². The number of rotatable bonds is 8. The molecule has 0 saturated carbocycles. The van der Waals surface area contributed by atoms with Crippen LogP contribution in [-0.4, -0.2) is 13.7 Å². The molecule has 9 nitrogen and oxygen atoms in total. The van der Waals surface area contributed by atoms with Crippen LogP contribution < -0.4 is 16.9 Å². The highest BCUT2D eigenvalue weighted by molar-refractivity contribution is 6.15. The first-order valence-corrected chi connectivity index (χ1v) is 41.5. The number of hydrogen-bond acceptors (Lipinski definition) is 6. The quantitative estimate of drug-likeness (QED) is 0.111. The van der Waals surface area contributed by atoms with Gasteiger partial charge in [0.25, 0.3) is 0 Å². The molecule has 25 rings (SSSR count). The van der Waals surface area contributed by atoms with Crippen molar-refractivity contribution in [2.45, 2.75) is 19.3 Å². The third-order valence-electron chi connectivity index (χ3n) is 25.1. The highest BCUT2D eigenvalue weighted by atomic mass is 16.4. The summed E-state index contributed by atoms with van der Waals surface area (Å²) in [6.07, 6.45) is 0. The fourth-order valence-corrected chi connectivity index (χ4v) is 19.2. The van der Waals surface area contributed by atoms with Crippen LogP contribution in [0.5, 0.6) is 0 Å². The summed E-state index contributed by atoms with van der Waals surface area (Å²) in [7, 11) is 0. The largest absolute Gasteiger partial charge is 0.422 e. The summed E-state index contributed by atoms with van der Waals surface area (Å²) in [5, 5.41) is 14.5. The van der Waals surface area contributed by atoms with Crippen LogP contribution in [-0.2, 0) is 5.41 Å². The summed E-state index contributed by atoms with van der Waals surface area (Å²) in [5.41, 5.74) is 27.4. The van der Waals surface area contributed by atoms with Crippen LogP contribution in [0.4, 0.5) is 0 Å². The fourth-order valence-electron chi connectivity index (χ4n) is 19.2. The lowest BCUT2D eigenvalue weighted by Crippen LogP contribution is -2.15. The molecule has 24 aromatic rings. The Morgan fingerprint density at radius 2 is 0.496 bits per heavy atom. The average molecular weight is 1580 g/mol. The van der Waals surface area contributed by atoms with Crippen LogP contribution in [0.25, 0.3) is 214 Å². The molecular weight excluding hydrogens is 1510 g/mol. The van der Waals surface area contributed by atoms with Crippen molar-refractivity contribution in [2.24, 2.45) is 0 Å². The zero-order valence-electron chi connectivity index (χ0n) is 67.0. The average Bonchev–Trinajstić information content (AvgIpc) is 1.36. The van der Waals surface area contributed by atoms with Crippen LogP contribution in [0, 0.1) is 0 Å². The maximum absolute atomic E-state index is 13.0. The van der Waals surface area contributed by atoms with E-state index in [2.05, 4.69) is 319 Å². The molecule has 0 spiro atoms. The Morgan fingerprint density at radius 1 is 0.187 bits per heavy atom. The highest BCUT2D eigenvalue weighted by Crippen LogP contribution is 2.50. The lowest BCUT2D eigenvalue weighted by Gasteiger charge is -2.22. The van der Waals surface area contributed by atoms with Gasteiger partial charge in [-0.25, -0.2) is 14.4 Å². The summed E-state index contributed by atoms with van der Waals surface area (Å²) >= 11 is 0. The van der Waals surface area contributed by atoms with Gasteiger partial charge in [-0.1, -0.05) is 287 Å². The number of nitrogens with zero attached hydrogens (tertiary/aromatic N) is 3. The first-order chi connectivity index (χ1) is 60.5. The van der Waals surface area contributed by atoms with Crippen LogP contribution in [0.1, 0.15) is 25.0 Å². The summed E-state index contributed by atoms with van der Waals surface area (Å²) in [4.78, 5) is 38.7. The van der Waals surface area contributed by atoms with Gasteiger partial charge in [0.2, 0.25) is 0 Å². The Kier molecular flexibility index (Phi) is 16.9. The molecule has 9 heteroatoms. The molecule has 0 N–H and O–H groups in total. The molecule has 0 aliphatic heterocycles. The highest BCUT2D eigenvalue weighted by Gasteiger charge is 2.36. The Bertz CT molecular complexity index is 8620. The predicted octanol–water partition coefficient (Wildman–Crippen LogP) is 28.8. The van der Waals surface area contributed by atoms with Gasteiger partial charge in [0, 0.05) is 71.0 Å². The summed E-state index contributed by atoms with van der Waals surface area (Å²) in [6, 6.07) is 141. The Balaban J connectivity index is 0.000000108. The first kappa shape index (κ1) is 72.0. The van der Waals surface area contributed by atoms with Crippen LogP contribution in [0.3, 0.4) is 0 Å². The number of fused-ring (bicyclic) bond motifs is 21. The number of para-hydroxylation sites is 7. The molecule has 0 fully saturated rings. The van der Waals surface area contributed by atoms with E-state index >= 15 is 0 Å². The topological polar surface area (TPSA) is 105 Å². The van der Waals surface area contributed by atoms with Gasteiger partial charge in [0.15, 0.2) is 0 Å². The third kappa shape index (κ3) is 12.0. The summed E-state index contributed by atoms with van der Waals surface area (Å²) < 4.78 is 24.0. The molecule has 0 amide bonds. The van der Waals surface area contributed by atoms with Gasteiger partial charge in [-0.15, -0.1) is 0 Å². The van der Waals surface area contributed by atoms with Gasteiger partial charge in [-0.2, -0.15) is 0 Å². The molecule has 0 atom stereocenters. The smallest absolute Gasteiger partial charge is 0.344 e. The lowest BCUT2D eigenvalue weighted by molar-refractivity contribution is 0.569. The Morgan fingerprint density at radius 3 is 0.911 bits per heavy atom. The van der Waals surface area contributed by atoms with Gasteiger partial charge in [0.1, 0.15) is 16.7 Å². The van der Waals surface area contributed by atoms with E-state index < -0.39 is 0 Å². The zero-order chi connectivity index (χ0) is 82.1. The van der Waals surface area contributed by atoms with E-state index in [0.717, 1.165) is 110 Å². The zero-order valence-corrected chi connectivity index (χ0v) is 67.0. The fraction of sp³-hybridized carbons (Fsp3) is 0.0263. The van der Waals surface area contributed by atoms with Crippen molar-refractivity contribution in [2.75, 3.05) is 0 Å². The molecule has 580 valence electrons. The maximum Gasteiger partial charge on any atom is 0.344 e. The van der Waals surface area contributed by atoms with Crippen LogP contribution in [0.2, 0.25) is 0 Å². The first-order valence-electron chi connectivity index (χ1n) is 41.5. The van der Waals surface area contributed by atoms with E-state index in [0.29, 0.717) is 32.9 Å². The monoisotopic (exact) mass is 1580 g/mol. The maximum atomic E-state index is 13.0. The van der Waals surface area contributed by atoms with E-state index in [4.69, 9.17) is 13.3 Å². The van der Waals surface area contributed by atoms with Gasteiger partial charge in [-0.05, 0) is 228 Å². The molecule has 0 radical (unpaired) electrons. The van der Waals surface area contributed by atoms with E-state index in [1.807, 2.05) is 115 Å². The molecule has 0 saturated heterocycles. The summed E-state index contributed by atoms with van der Waals surface area (Å²) in [5.74, 6) is 0. The molecule has 6 heterocycles. The van der Waals surface area contributed by atoms with Crippen molar-refractivity contribution in [1.82, 2.24) is 13.7 Å². The Labute approximate surface area is 704 Å². The molecule has 1 aliphatic rings. The number of benzene rings is 18. The van der Waals surface area contributed by atoms with Gasteiger partial charge in [-0.3, -0.25) is 0 Å². The van der Waals surface area contributed by atoms with Crippen molar-refractivity contribution in [3.05, 3.63) is 449 Å². The second kappa shape index (κ2) is 28.8. The minimum absolute atomic E-state index is 0.0675. The van der Waals surface area contributed by atoms with Gasteiger partial charge >= 0.3 is 16.9 Å². The van der Waals surface area contributed by atoms with Crippen molar-refractivity contribution < 1.29 is 13.3 Å². The lowest BCUT2D eigenvalue weighted by atomic mass is 9.82. The van der Waals surface area contributed by atoms with Gasteiger partial charge < -0.3 is 27.0 Å². The van der Waals surface area contributed by atoms with Crippen molar-refractivity contribution >= 4 is 131 Å². The van der Waals surface area contributed by atoms with E-state index in [1.54, 1.807) is 0 Å². The van der Waals surface area contributed by atoms with Gasteiger partial charge in [0.05, 0.1) is 49.3 Å².